The van der Waals surface area contributed by atoms with Gasteiger partial charge in [0, 0.05) is 13.6 Å². The van der Waals surface area contributed by atoms with E-state index >= 15 is 0 Å². The van der Waals surface area contributed by atoms with E-state index < -0.39 is 5.97 Å². The second-order valence-corrected chi connectivity index (χ2v) is 5.06. The molecule has 1 aromatic heterocycles. The van der Waals surface area contributed by atoms with Gasteiger partial charge in [-0.15, -0.1) is 10.2 Å². The molecular weight excluding hydrogens is 262 g/mol. The molecule has 2 rings (SSSR count). The number of carbonyl (C=O) groups excluding carboxylic acids is 1. The molecule has 1 aliphatic carbocycles. The van der Waals surface area contributed by atoms with Crippen LogP contribution in [0.2, 0.25) is 0 Å². The summed E-state index contributed by atoms with van der Waals surface area (Å²) in [5.74, 6) is -0.430. The molecule has 20 heavy (non-hydrogen) atoms. The normalized spacial score (nSPS) is 21.6. The summed E-state index contributed by atoms with van der Waals surface area (Å²) in [5.41, 5.74) is 0. The zero-order valence-electron chi connectivity index (χ0n) is 11.4. The molecule has 1 heterocycles. The fourth-order valence-corrected chi connectivity index (χ4v) is 2.52. The van der Waals surface area contributed by atoms with E-state index in [2.05, 4.69) is 20.8 Å². The summed E-state index contributed by atoms with van der Waals surface area (Å²) in [4.78, 5) is 22.7. The summed E-state index contributed by atoms with van der Waals surface area (Å²) in [5, 5.41) is 22.0. The molecule has 0 aliphatic heterocycles. The average molecular weight is 281 g/mol. The fourth-order valence-electron chi connectivity index (χ4n) is 2.52. The number of carboxylic acids is 1. The first-order chi connectivity index (χ1) is 9.58. The predicted octanol–water partition coefficient (Wildman–Crippen LogP) is 0.115. The van der Waals surface area contributed by atoms with Gasteiger partial charge in [-0.3, -0.25) is 4.79 Å². The largest absolute Gasteiger partial charge is 0.481 e. The number of rotatable bonds is 5. The molecule has 8 nitrogen and oxygen atoms in total. The average Bonchev–Trinajstić information content (AvgIpc) is 3.02. The Hall–Kier alpha value is -2.12. The van der Waals surface area contributed by atoms with Gasteiger partial charge in [0.15, 0.2) is 5.82 Å². The van der Waals surface area contributed by atoms with Crippen molar-refractivity contribution in [1.29, 1.82) is 0 Å². The third-order valence-corrected chi connectivity index (χ3v) is 3.71. The topological polar surface area (TPSA) is 109 Å². The van der Waals surface area contributed by atoms with Gasteiger partial charge in [0.05, 0.1) is 12.5 Å². The third-order valence-electron chi connectivity index (χ3n) is 3.71. The molecule has 1 fully saturated rings. The van der Waals surface area contributed by atoms with Gasteiger partial charge in [-0.1, -0.05) is 6.42 Å². The quantitative estimate of drug-likeness (QED) is 0.710. The summed E-state index contributed by atoms with van der Waals surface area (Å²) in [6.07, 6.45) is 4.01. The number of urea groups is 1. The maximum Gasteiger partial charge on any atom is 0.315 e. The number of hydrogen-bond acceptors (Lipinski definition) is 4. The highest BCUT2D eigenvalue weighted by Crippen LogP contribution is 2.31. The third kappa shape index (κ3) is 3.46. The Kier molecular flexibility index (Phi) is 4.54. The van der Waals surface area contributed by atoms with Gasteiger partial charge in [0.2, 0.25) is 0 Å². The Morgan fingerprint density at radius 2 is 2.25 bits per heavy atom. The SMILES string of the molecule is Cn1cnnc1CNC(=O)NCC1CCCC1C(=O)O. The van der Waals surface area contributed by atoms with Crippen LogP contribution in [0.15, 0.2) is 6.33 Å². The second kappa shape index (κ2) is 6.36. The van der Waals surface area contributed by atoms with Crippen LogP contribution in [0.5, 0.6) is 0 Å². The molecule has 1 aromatic rings. The van der Waals surface area contributed by atoms with Gasteiger partial charge in [-0.2, -0.15) is 0 Å². The number of aromatic nitrogens is 3. The van der Waals surface area contributed by atoms with Gasteiger partial charge in [0.25, 0.3) is 0 Å². The second-order valence-electron chi connectivity index (χ2n) is 5.06. The summed E-state index contributed by atoms with van der Waals surface area (Å²) < 4.78 is 1.72. The monoisotopic (exact) mass is 281 g/mol. The lowest BCUT2D eigenvalue weighted by atomic mass is 9.96. The molecule has 3 N–H and O–H groups in total. The molecule has 0 bridgehead atoms. The predicted molar refractivity (Wildman–Crippen MR) is 69.7 cm³/mol. The van der Waals surface area contributed by atoms with E-state index in [4.69, 9.17) is 5.11 Å². The lowest BCUT2D eigenvalue weighted by Crippen LogP contribution is -2.39. The highest BCUT2D eigenvalue weighted by molar-refractivity contribution is 5.74. The minimum atomic E-state index is -0.770. The van der Waals surface area contributed by atoms with Crippen molar-refractivity contribution in [2.45, 2.75) is 25.8 Å². The Morgan fingerprint density at radius 1 is 1.45 bits per heavy atom. The summed E-state index contributed by atoms with van der Waals surface area (Å²) >= 11 is 0. The van der Waals surface area contributed by atoms with Crippen LogP contribution in [0.3, 0.4) is 0 Å². The zero-order valence-corrected chi connectivity index (χ0v) is 11.4. The first-order valence-corrected chi connectivity index (χ1v) is 6.65. The molecular formula is C12H19N5O3. The number of amides is 2. The van der Waals surface area contributed by atoms with Gasteiger partial charge >= 0.3 is 12.0 Å². The van der Waals surface area contributed by atoms with E-state index in [1.54, 1.807) is 17.9 Å². The van der Waals surface area contributed by atoms with Crippen molar-refractivity contribution in [3.63, 3.8) is 0 Å². The van der Waals surface area contributed by atoms with Crippen LogP contribution in [-0.2, 0) is 18.4 Å². The van der Waals surface area contributed by atoms with Crippen LogP contribution >= 0.6 is 0 Å². The zero-order chi connectivity index (χ0) is 14.5. The van der Waals surface area contributed by atoms with Crippen LogP contribution in [0.25, 0.3) is 0 Å². The van der Waals surface area contributed by atoms with Gasteiger partial charge in [0.1, 0.15) is 6.33 Å². The van der Waals surface area contributed by atoms with Gasteiger partial charge in [-0.25, -0.2) is 4.79 Å². The number of carbonyl (C=O) groups is 2. The lowest BCUT2D eigenvalue weighted by molar-refractivity contribution is -0.142. The standard InChI is InChI=1S/C12H19N5O3/c1-17-7-15-16-10(17)6-14-12(20)13-5-8-3-2-4-9(8)11(18)19/h7-9H,2-6H2,1H3,(H,18,19)(H2,13,14,20). The van der Waals surface area contributed by atoms with E-state index in [1.807, 2.05) is 0 Å². The molecule has 110 valence electrons. The number of hydrogen-bond donors (Lipinski definition) is 3. The van der Waals surface area contributed by atoms with E-state index in [0.29, 0.717) is 18.8 Å². The van der Waals surface area contributed by atoms with Crippen molar-refractivity contribution in [2.75, 3.05) is 6.54 Å². The Labute approximate surface area is 116 Å². The molecule has 1 saturated carbocycles. The van der Waals surface area contributed by atoms with Crippen molar-refractivity contribution in [2.24, 2.45) is 18.9 Å². The van der Waals surface area contributed by atoms with Crippen molar-refractivity contribution in [1.82, 2.24) is 25.4 Å². The molecule has 2 amide bonds. The Balaban J connectivity index is 1.72. The van der Waals surface area contributed by atoms with E-state index in [-0.39, 0.29) is 24.4 Å². The molecule has 0 spiro atoms. The highest BCUT2D eigenvalue weighted by atomic mass is 16.4. The van der Waals surface area contributed by atoms with Crippen LogP contribution in [0.4, 0.5) is 4.79 Å². The minimum absolute atomic E-state index is 0.0214. The number of aryl methyl sites for hydroxylation is 1. The number of aliphatic carboxylic acids is 1. The molecule has 1 aliphatic rings. The maximum absolute atomic E-state index is 11.7. The van der Waals surface area contributed by atoms with Gasteiger partial charge < -0.3 is 20.3 Å². The van der Waals surface area contributed by atoms with E-state index in [0.717, 1.165) is 12.8 Å². The lowest BCUT2D eigenvalue weighted by Gasteiger charge is -2.16. The molecule has 2 atom stereocenters. The van der Waals surface area contributed by atoms with Crippen molar-refractivity contribution in [3.8, 4) is 0 Å². The summed E-state index contributed by atoms with van der Waals surface area (Å²) in [6.45, 7) is 0.678. The van der Waals surface area contributed by atoms with Crippen molar-refractivity contribution < 1.29 is 14.7 Å². The van der Waals surface area contributed by atoms with Crippen molar-refractivity contribution >= 4 is 12.0 Å². The Bertz CT molecular complexity index is 487. The van der Waals surface area contributed by atoms with Crippen molar-refractivity contribution in [3.05, 3.63) is 12.2 Å². The maximum atomic E-state index is 11.7. The van der Waals surface area contributed by atoms with E-state index in [9.17, 15) is 9.59 Å². The smallest absolute Gasteiger partial charge is 0.315 e. The van der Waals surface area contributed by atoms with Crippen LogP contribution in [0, 0.1) is 11.8 Å². The molecule has 2 unspecified atom stereocenters. The number of nitrogens with one attached hydrogen (secondary N) is 2. The van der Waals surface area contributed by atoms with Gasteiger partial charge in [-0.05, 0) is 18.8 Å². The number of carboxylic acid groups (broad SMARTS) is 1. The first kappa shape index (κ1) is 14.3. The molecule has 0 radical (unpaired) electrons. The van der Waals surface area contributed by atoms with Crippen LogP contribution < -0.4 is 10.6 Å². The highest BCUT2D eigenvalue weighted by Gasteiger charge is 2.32. The van der Waals surface area contributed by atoms with E-state index in [1.165, 1.54) is 0 Å². The molecule has 8 heteroatoms. The minimum Gasteiger partial charge on any atom is -0.481 e. The Morgan fingerprint density at radius 3 is 2.90 bits per heavy atom. The summed E-state index contributed by atoms with van der Waals surface area (Å²) in [7, 11) is 1.80. The summed E-state index contributed by atoms with van der Waals surface area (Å²) in [6, 6.07) is -0.316. The number of nitrogens with zero attached hydrogens (tertiary/aromatic N) is 3. The molecule has 0 saturated heterocycles. The fraction of sp³-hybridized carbons (Fsp3) is 0.667. The van der Waals surface area contributed by atoms with Crippen LogP contribution in [0.1, 0.15) is 25.1 Å². The molecule has 0 aromatic carbocycles. The first-order valence-electron chi connectivity index (χ1n) is 6.65. The van der Waals surface area contributed by atoms with Crippen LogP contribution in [-0.4, -0.2) is 38.4 Å².